The van der Waals surface area contributed by atoms with Crippen LogP contribution in [-0.4, -0.2) is 22.6 Å². The van der Waals surface area contributed by atoms with Gasteiger partial charge in [-0.2, -0.15) is 0 Å². The van der Waals surface area contributed by atoms with Gasteiger partial charge in [-0.15, -0.1) is 0 Å². The van der Waals surface area contributed by atoms with Crippen LogP contribution in [0.25, 0.3) is 22.2 Å². The molecule has 1 aliphatic heterocycles. The Morgan fingerprint density at radius 1 is 1.21 bits per heavy atom. The summed E-state index contributed by atoms with van der Waals surface area (Å²) in [7, 11) is 0. The number of fused-ring (bicyclic) bond motifs is 2. The van der Waals surface area contributed by atoms with Crippen molar-refractivity contribution < 1.29 is 4.39 Å². The molecule has 1 fully saturated rings. The lowest BCUT2D eigenvalue weighted by atomic mass is 9.92. The second kappa shape index (κ2) is 6.66. The van der Waals surface area contributed by atoms with E-state index in [0.717, 1.165) is 47.4 Å². The quantitative estimate of drug-likeness (QED) is 0.672. The van der Waals surface area contributed by atoms with E-state index in [-0.39, 0.29) is 11.5 Å². The zero-order chi connectivity index (χ0) is 19.3. The van der Waals surface area contributed by atoms with Gasteiger partial charge >= 0.3 is 5.69 Å². The molecule has 28 heavy (non-hydrogen) atoms. The van der Waals surface area contributed by atoms with Crippen LogP contribution in [0.5, 0.6) is 0 Å². The fourth-order valence-corrected chi connectivity index (χ4v) is 4.81. The first kappa shape index (κ1) is 17.3. The number of H-pyrrole nitrogens is 1. The van der Waals surface area contributed by atoms with Gasteiger partial charge in [0, 0.05) is 30.9 Å². The predicted octanol–water partition coefficient (Wildman–Crippen LogP) is 4.70. The number of aromatic nitrogens is 2. The molecule has 144 valence electrons. The standard InChI is InChI=1S/C23H24FN3O/c1-2-27-22-12-19(16-6-8-18(24)9-7-16)21(13-20(22)25-23(27)28)26-11-10-15-4-3-5-17(15)14-26/h4,6-9,12-13,17H,2-3,5,10-11,14H2,1H3,(H,25,28)/t17-/m1/s1. The van der Waals surface area contributed by atoms with Crippen LogP contribution in [-0.2, 0) is 6.54 Å². The van der Waals surface area contributed by atoms with Crippen molar-refractivity contribution >= 4 is 16.7 Å². The Bertz CT molecular complexity index is 1120. The number of hydrogen-bond acceptors (Lipinski definition) is 2. The molecule has 2 aromatic carbocycles. The van der Waals surface area contributed by atoms with Gasteiger partial charge in [-0.25, -0.2) is 9.18 Å². The summed E-state index contributed by atoms with van der Waals surface area (Å²) in [6, 6.07) is 10.8. The molecule has 0 amide bonds. The fraction of sp³-hybridized carbons (Fsp3) is 0.348. The van der Waals surface area contributed by atoms with Crippen LogP contribution in [0.4, 0.5) is 10.1 Å². The molecule has 1 N–H and O–H groups in total. The lowest BCUT2D eigenvalue weighted by molar-refractivity contribution is 0.521. The van der Waals surface area contributed by atoms with E-state index >= 15 is 0 Å². The molecule has 0 saturated carbocycles. The van der Waals surface area contributed by atoms with Gasteiger partial charge in [-0.3, -0.25) is 4.57 Å². The van der Waals surface area contributed by atoms with E-state index < -0.39 is 0 Å². The monoisotopic (exact) mass is 377 g/mol. The topological polar surface area (TPSA) is 41.0 Å². The highest BCUT2D eigenvalue weighted by molar-refractivity contribution is 5.91. The van der Waals surface area contributed by atoms with Crippen LogP contribution >= 0.6 is 0 Å². The highest BCUT2D eigenvalue weighted by Gasteiger charge is 2.28. The predicted molar refractivity (Wildman–Crippen MR) is 111 cm³/mol. The highest BCUT2D eigenvalue weighted by Crippen LogP contribution is 2.39. The maximum absolute atomic E-state index is 13.5. The van der Waals surface area contributed by atoms with Gasteiger partial charge in [-0.05, 0) is 61.9 Å². The van der Waals surface area contributed by atoms with Crippen molar-refractivity contribution in [2.45, 2.75) is 32.7 Å². The zero-order valence-electron chi connectivity index (χ0n) is 16.0. The lowest BCUT2D eigenvalue weighted by Crippen LogP contribution is -2.36. The molecule has 1 aromatic heterocycles. The minimum Gasteiger partial charge on any atom is -0.370 e. The molecular weight excluding hydrogens is 353 g/mol. The van der Waals surface area contributed by atoms with E-state index in [1.807, 2.05) is 19.1 Å². The first-order valence-electron chi connectivity index (χ1n) is 10.1. The van der Waals surface area contributed by atoms with Crippen LogP contribution in [0.2, 0.25) is 0 Å². The van der Waals surface area contributed by atoms with Crippen molar-refractivity contribution in [3.8, 4) is 11.1 Å². The Labute approximate surface area is 163 Å². The third kappa shape index (κ3) is 2.77. The third-order valence-corrected chi connectivity index (χ3v) is 6.26. The van der Waals surface area contributed by atoms with E-state index in [1.54, 1.807) is 10.1 Å². The average molecular weight is 377 g/mol. The van der Waals surface area contributed by atoms with Crippen LogP contribution in [0.1, 0.15) is 26.2 Å². The van der Waals surface area contributed by atoms with Crippen LogP contribution in [0.3, 0.4) is 0 Å². The van der Waals surface area contributed by atoms with Gasteiger partial charge in [0.1, 0.15) is 5.82 Å². The molecule has 1 atom stereocenters. The van der Waals surface area contributed by atoms with Crippen LogP contribution in [0.15, 0.2) is 52.8 Å². The molecule has 2 heterocycles. The molecule has 0 bridgehead atoms. The van der Waals surface area contributed by atoms with Gasteiger partial charge in [0.2, 0.25) is 0 Å². The molecule has 3 aromatic rings. The number of benzene rings is 2. The number of aryl methyl sites for hydroxylation is 1. The second-order valence-corrected chi connectivity index (χ2v) is 7.82. The van der Waals surface area contributed by atoms with Gasteiger partial charge < -0.3 is 9.88 Å². The Kier molecular flexibility index (Phi) is 4.11. The third-order valence-electron chi connectivity index (χ3n) is 6.26. The summed E-state index contributed by atoms with van der Waals surface area (Å²) in [5, 5.41) is 0. The number of imidazole rings is 1. The Hall–Kier alpha value is -2.82. The Balaban J connectivity index is 1.67. The Morgan fingerprint density at radius 3 is 2.82 bits per heavy atom. The number of hydrogen-bond donors (Lipinski definition) is 1. The number of nitrogens with zero attached hydrogens (tertiary/aromatic N) is 2. The largest absolute Gasteiger partial charge is 0.370 e. The normalized spacial score (nSPS) is 19.1. The molecule has 0 spiro atoms. The molecule has 2 aliphatic rings. The molecule has 0 unspecified atom stereocenters. The Morgan fingerprint density at radius 2 is 2.04 bits per heavy atom. The molecule has 1 saturated heterocycles. The molecule has 4 nitrogen and oxygen atoms in total. The van der Waals surface area contributed by atoms with Crippen molar-refractivity contribution in [2.75, 3.05) is 18.0 Å². The summed E-state index contributed by atoms with van der Waals surface area (Å²) in [4.78, 5) is 17.8. The highest BCUT2D eigenvalue weighted by atomic mass is 19.1. The minimum absolute atomic E-state index is 0.0839. The van der Waals surface area contributed by atoms with Crippen molar-refractivity contribution in [1.82, 2.24) is 9.55 Å². The summed E-state index contributed by atoms with van der Waals surface area (Å²) in [5.74, 6) is 0.391. The summed E-state index contributed by atoms with van der Waals surface area (Å²) in [5.41, 5.74) is 6.43. The van der Waals surface area contributed by atoms with Crippen molar-refractivity contribution in [3.63, 3.8) is 0 Å². The zero-order valence-corrected chi connectivity index (χ0v) is 16.0. The molecule has 1 aliphatic carbocycles. The number of rotatable bonds is 3. The van der Waals surface area contributed by atoms with Crippen molar-refractivity contribution in [2.24, 2.45) is 5.92 Å². The van der Waals surface area contributed by atoms with Gasteiger partial charge in [0.05, 0.1) is 11.0 Å². The summed E-state index contributed by atoms with van der Waals surface area (Å²) < 4.78 is 15.3. The van der Waals surface area contributed by atoms with Crippen LogP contribution < -0.4 is 10.6 Å². The van der Waals surface area contributed by atoms with Gasteiger partial charge in [0.15, 0.2) is 0 Å². The van der Waals surface area contributed by atoms with Gasteiger partial charge in [-0.1, -0.05) is 23.8 Å². The maximum atomic E-state index is 13.5. The number of aromatic amines is 1. The van der Waals surface area contributed by atoms with E-state index in [1.165, 1.54) is 25.0 Å². The molecule has 5 rings (SSSR count). The van der Waals surface area contributed by atoms with E-state index in [2.05, 4.69) is 28.1 Å². The van der Waals surface area contributed by atoms with E-state index in [9.17, 15) is 9.18 Å². The molecule has 0 radical (unpaired) electrons. The fourth-order valence-electron chi connectivity index (χ4n) is 4.81. The van der Waals surface area contributed by atoms with E-state index in [0.29, 0.717) is 12.5 Å². The number of anilines is 1. The lowest BCUT2D eigenvalue weighted by Gasteiger charge is -2.35. The SMILES string of the molecule is CCn1c(=O)[nH]c2cc(N3CCC4=CCC[C@@H]4C3)c(-c3ccc(F)cc3)cc21. The number of nitrogens with one attached hydrogen (secondary N) is 1. The number of piperidine rings is 1. The second-order valence-electron chi connectivity index (χ2n) is 7.82. The molecule has 5 heteroatoms. The van der Waals surface area contributed by atoms with Crippen molar-refractivity contribution in [1.29, 1.82) is 0 Å². The van der Waals surface area contributed by atoms with Crippen molar-refractivity contribution in [3.05, 3.63) is 64.3 Å². The summed E-state index contributed by atoms with van der Waals surface area (Å²) in [6.45, 7) is 4.56. The van der Waals surface area contributed by atoms with E-state index in [4.69, 9.17) is 0 Å². The minimum atomic E-state index is -0.239. The van der Waals surface area contributed by atoms with Crippen LogP contribution in [0, 0.1) is 11.7 Å². The maximum Gasteiger partial charge on any atom is 0.326 e. The first-order valence-corrected chi connectivity index (χ1v) is 10.1. The summed E-state index contributed by atoms with van der Waals surface area (Å²) >= 11 is 0. The number of allylic oxidation sites excluding steroid dienone is 1. The first-order chi connectivity index (χ1) is 13.6. The molecular formula is C23H24FN3O. The summed E-state index contributed by atoms with van der Waals surface area (Å²) in [6.07, 6.45) is 5.91. The average Bonchev–Trinajstić information content (AvgIpc) is 3.29. The number of halogens is 1. The van der Waals surface area contributed by atoms with Gasteiger partial charge in [0.25, 0.3) is 0 Å². The smallest absolute Gasteiger partial charge is 0.326 e.